The van der Waals surface area contributed by atoms with Crippen molar-refractivity contribution in [3.05, 3.63) is 29.8 Å². The Hall–Kier alpha value is -0.880. The van der Waals surface area contributed by atoms with Gasteiger partial charge in [-0.15, -0.1) is 11.6 Å². The molecule has 19 heavy (non-hydrogen) atoms. The Morgan fingerprint density at radius 2 is 1.89 bits per heavy atom. The molecule has 1 saturated carbocycles. The molecule has 0 bridgehead atoms. The molecular weight excluding hydrogens is 299 g/mol. The van der Waals surface area contributed by atoms with Crippen molar-refractivity contribution in [2.24, 2.45) is 0 Å². The lowest BCUT2D eigenvalue weighted by Crippen LogP contribution is -2.28. The summed E-state index contributed by atoms with van der Waals surface area (Å²) in [6.07, 6.45) is 1.91. The summed E-state index contributed by atoms with van der Waals surface area (Å²) in [6.45, 7) is 0. The molecule has 104 valence electrons. The van der Waals surface area contributed by atoms with Crippen molar-refractivity contribution in [2.75, 3.05) is 0 Å². The Morgan fingerprint density at radius 1 is 1.32 bits per heavy atom. The van der Waals surface area contributed by atoms with E-state index in [1.54, 1.807) is 0 Å². The average Bonchev–Trinajstić information content (AvgIpc) is 3.11. The van der Waals surface area contributed by atoms with Gasteiger partial charge in [-0.1, -0.05) is 12.1 Å². The van der Waals surface area contributed by atoms with E-state index >= 15 is 0 Å². The first-order valence-corrected chi connectivity index (χ1v) is 6.90. The second kappa shape index (κ2) is 5.63. The van der Waals surface area contributed by atoms with E-state index in [1.807, 2.05) is 0 Å². The van der Waals surface area contributed by atoms with Crippen LogP contribution < -0.4 is 5.32 Å². The van der Waals surface area contributed by atoms with Crippen molar-refractivity contribution < 1.29 is 18.0 Å². The number of amides is 1. The third kappa shape index (κ3) is 4.62. The van der Waals surface area contributed by atoms with Gasteiger partial charge in [0.2, 0.25) is 5.91 Å². The number of rotatable bonds is 4. The largest absolute Gasteiger partial charge is 0.446 e. The lowest BCUT2D eigenvalue weighted by molar-refractivity contribution is -0.121. The number of hydrogen-bond acceptors (Lipinski definition) is 2. The molecule has 1 fully saturated rings. The summed E-state index contributed by atoms with van der Waals surface area (Å²) in [7, 11) is 0. The number of carbonyl (C=O) groups excluding carboxylic acids is 1. The summed E-state index contributed by atoms with van der Waals surface area (Å²) >= 11 is 5.78. The smallest absolute Gasteiger partial charge is 0.352 e. The average molecular weight is 310 g/mol. The van der Waals surface area contributed by atoms with Crippen molar-refractivity contribution in [1.29, 1.82) is 0 Å². The lowest BCUT2D eigenvalue weighted by atomic mass is 10.1. The Bertz CT molecular complexity index is 459. The van der Waals surface area contributed by atoms with E-state index in [0.29, 0.717) is 5.56 Å². The van der Waals surface area contributed by atoms with Crippen LogP contribution >= 0.6 is 23.4 Å². The second-order valence-corrected chi connectivity index (χ2v) is 5.84. The molecule has 1 N–H and O–H groups in total. The van der Waals surface area contributed by atoms with Crippen molar-refractivity contribution >= 4 is 29.3 Å². The van der Waals surface area contributed by atoms with Gasteiger partial charge in [0.25, 0.3) is 0 Å². The molecule has 0 radical (unpaired) electrons. The number of halogens is 4. The Kier molecular flexibility index (Phi) is 4.30. The molecule has 2 nitrogen and oxygen atoms in total. The Morgan fingerprint density at radius 3 is 2.37 bits per heavy atom. The number of thioether (sulfide) groups is 1. The number of nitrogens with one attached hydrogen (secondary N) is 1. The highest BCUT2D eigenvalue weighted by atomic mass is 35.5. The first kappa shape index (κ1) is 14.5. The van der Waals surface area contributed by atoms with Gasteiger partial charge in [0.15, 0.2) is 0 Å². The zero-order valence-electron chi connectivity index (χ0n) is 9.71. The molecule has 0 spiro atoms. The summed E-state index contributed by atoms with van der Waals surface area (Å²) in [4.78, 5) is 11.8. The number of hydrogen-bond donors (Lipinski definition) is 1. The predicted molar refractivity (Wildman–Crippen MR) is 68.1 cm³/mol. The van der Waals surface area contributed by atoms with E-state index in [4.69, 9.17) is 11.6 Å². The minimum absolute atomic E-state index is 0.0720. The van der Waals surface area contributed by atoms with E-state index in [2.05, 4.69) is 5.32 Å². The van der Waals surface area contributed by atoms with Crippen LogP contribution in [0.15, 0.2) is 29.2 Å². The normalized spacial score (nSPS) is 17.1. The van der Waals surface area contributed by atoms with Crippen molar-refractivity contribution in [3.8, 4) is 0 Å². The molecule has 0 saturated heterocycles. The van der Waals surface area contributed by atoms with Crippen LogP contribution in [0.5, 0.6) is 0 Å². The molecule has 0 aromatic heterocycles. The monoisotopic (exact) mass is 309 g/mol. The Labute approximate surface area is 117 Å². The molecule has 0 aliphatic heterocycles. The van der Waals surface area contributed by atoms with Crippen LogP contribution in [0.2, 0.25) is 0 Å². The topological polar surface area (TPSA) is 29.1 Å². The van der Waals surface area contributed by atoms with Gasteiger partial charge in [-0.3, -0.25) is 4.79 Å². The molecule has 1 atom stereocenters. The van der Waals surface area contributed by atoms with Crippen LogP contribution in [0.4, 0.5) is 13.2 Å². The number of carbonyl (C=O) groups is 1. The zero-order chi connectivity index (χ0) is 14.0. The highest BCUT2D eigenvalue weighted by Gasteiger charge is 2.30. The molecule has 1 aromatic carbocycles. The second-order valence-electron chi connectivity index (χ2n) is 4.26. The fraction of sp³-hybridized carbons (Fsp3) is 0.417. The minimum Gasteiger partial charge on any atom is -0.352 e. The highest BCUT2D eigenvalue weighted by molar-refractivity contribution is 8.00. The van der Waals surface area contributed by atoms with Crippen LogP contribution in [0.25, 0.3) is 0 Å². The van der Waals surface area contributed by atoms with Crippen LogP contribution in [0.3, 0.4) is 0 Å². The maximum atomic E-state index is 12.2. The fourth-order valence-electron chi connectivity index (χ4n) is 1.49. The van der Waals surface area contributed by atoms with Crippen LogP contribution in [-0.2, 0) is 4.79 Å². The molecule has 7 heteroatoms. The summed E-state index contributed by atoms with van der Waals surface area (Å²) in [5.41, 5.74) is -3.82. The van der Waals surface area contributed by atoms with Gasteiger partial charge in [0.05, 0.1) is 0 Å². The van der Waals surface area contributed by atoms with Crippen molar-refractivity contribution in [2.45, 2.75) is 34.7 Å². The fourth-order valence-corrected chi connectivity index (χ4v) is 2.24. The summed E-state index contributed by atoms with van der Waals surface area (Å²) in [5, 5.41) is 1.88. The third-order valence-corrected chi connectivity index (χ3v) is 3.75. The minimum atomic E-state index is -4.31. The molecular formula is C12H11ClF3NOS. The molecule has 1 amide bonds. The van der Waals surface area contributed by atoms with E-state index in [0.717, 1.165) is 12.8 Å². The van der Waals surface area contributed by atoms with E-state index in [-0.39, 0.29) is 28.6 Å². The summed E-state index contributed by atoms with van der Waals surface area (Å²) < 4.78 is 36.5. The first-order valence-electron chi connectivity index (χ1n) is 5.65. The van der Waals surface area contributed by atoms with E-state index in [1.165, 1.54) is 24.3 Å². The van der Waals surface area contributed by atoms with Gasteiger partial charge in [0.1, 0.15) is 5.38 Å². The molecule has 1 aromatic rings. The van der Waals surface area contributed by atoms with Gasteiger partial charge in [-0.2, -0.15) is 13.2 Å². The SMILES string of the molecule is O=C(NC1CC1)C(Cl)c1ccc(SC(F)(F)F)cc1. The van der Waals surface area contributed by atoms with Gasteiger partial charge in [0, 0.05) is 10.9 Å². The van der Waals surface area contributed by atoms with Gasteiger partial charge in [-0.05, 0) is 42.3 Å². The quantitative estimate of drug-likeness (QED) is 0.676. The first-order chi connectivity index (χ1) is 8.85. The van der Waals surface area contributed by atoms with E-state index in [9.17, 15) is 18.0 Å². The van der Waals surface area contributed by atoms with Crippen LogP contribution in [0.1, 0.15) is 23.8 Å². The summed E-state index contributed by atoms with van der Waals surface area (Å²) in [6, 6.07) is 5.71. The van der Waals surface area contributed by atoms with Crippen molar-refractivity contribution in [3.63, 3.8) is 0 Å². The molecule has 1 aliphatic carbocycles. The maximum Gasteiger partial charge on any atom is 0.446 e. The predicted octanol–water partition coefficient (Wildman–Crippen LogP) is 3.86. The Balaban J connectivity index is 1.98. The number of alkyl halides is 4. The highest BCUT2D eigenvalue weighted by Crippen LogP contribution is 2.37. The molecule has 2 rings (SSSR count). The zero-order valence-corrected chi connectivity index (χ0v) is 11.3. The summed E-state index contributed by atoms with van der Waals surface area (Å²) in [5.74, 6) is -0.305. The lowest BCUT2D eigenvalue weighted by Gasteiger charge is -2.11. The van der Waals surface area contributed by atoms with Crippen molar-refractivity contribution in [1.82, 2.24) is 5.32 Å². The van der Waals surface area contributed by atoms with E-state index < -0.39 is 10.9 Å². The molecule has 1 aliphatic rings. The molecule has 1 unspecified atom stereocenters. The standard InChI is InChI=1S/C12H11ClF3NOS/c13-10(11(18)17-8-3-4-8)7-1-5-9(6-2-7)19-12(14,15)16/h1-2,5-6,8,10H,3-4H2,(H,17,18). The van der Waals surface area contributed by atoms with Gasteiger partial charge in [-0.25, -0.2) is 0 Å². The third-order valence-electron chi connectivity index (χ3n) is 2.56. The van der Waals surface area contributed by atoms with Gasteiger partial charge < -0.3 is 5.32 Å². The van der Waals surface area contributed by atoms with Crippen LogP contribution in [0, 0.1) is 0 Å². The van der Waals surface area contributed by atoms with Gasteiger partial charge >= 0.3 is 5.51 Å². The molecule has 0 heterocycles. The maximum absolute atomic E-state index is 12.2. The van der Waals surface area contributed by atoms with Crippen LogP contribution in [-0.4, -0.2) is 17.5 Å². The number of benzene rings is 1.